The van der Waals surface area contributed by atoms with Gasteiger partial charge >= 0.3 is 0 Å². The highest BCUT2D eigenvalue weighted by Gasteiger charge is 2.32. The zero-order valence-corrected chi connectivity index (χ0v) is 17.1. The first-order chi connectivity index (χ1) is 13.0. The molecule has 2 aromatic rings. The lowest BCUT2D eigenvalue weighted by Crippen LogP contribution is -2.47. The number of halogens is 1. The van der Waals surface area contributed by atoms with Gasteiger partial charge in [0.05, 0.1) is 16.9 Å². The molecule has 1 amide bonds. The summed E-state index contributed by atoms with van der Waals surface area (Å²) >= 11 is 5.97. The van der Waals surface area contributed by atoms with Gasteiger partial charge in [0.15, 0.2) is 0 Å². The van der Waals surface area contributed by atoms with Gasteiger partial charge in [-0.1, -0.05) is 30.7 Å². The van der Waals surface area contributed by atoms with Crippen molar-refractivity contribution in [3.63, 3.8) is 0 Å². The molecular weight excluding hydrogens is 406 g/mol. The van der Waals surface area contributed by atoms with Crippen molar-refractivity contribution >= 4 is 44.6 Å². The topological polar surface area (TPSA) is 110 Å². The summed E-state index contributed by atoms with van der Waals surface area (Å²) < 4.78 is 25.8. The number of anilines is 2. The number of nitrogens with one attached hydrogen (secondary N) is 1. The highest BCUT2D eigenvalue weighted by Crippen LogP contribution is 2.27. The normalized spacial score (nSPS) is 12.3. The van der Waals surface area contributed by atoms with Gasteiger partial charge in [-0.15, -0.1) is 0 Å². The van der Waals surface area contributed by atoms with E-state index >= 15 is 0 Å². The fourth-order valence-corrected chi connectivity index (χ4v) is 4.12. The van der Waals surface area contributed by atoms with Gasteiger partial charge in [0.25, 0.3) is 5.69 Å². The summed E-state index contributed by atoms with van der Waals surface area (Å²) in [5.74, 6) is -0.565. The van der Waals surface area contributed by atoms with Crippen molar-refractivity contribution in [1.29, 1.82) is 0 Å². The Morgan fingerprint density at radius 2 is 1.96 bits per heavy atom. The molecule has 2 aromatic carbocycles. The average molecular weight is 426 g/mol. The van der Waals surface area contributed by atoms with Crippen LogP contribution in [0.2, 0.25) is 5.02 Å². The predicted octanol–water partition coefficient (Wildman–Crippen LogP) is 3.74. The van der Waals surface area contributed by atoms with Crippen LogP contribution in [0.25, 0.3) is 0 Å². The maximum atomic E-state index is 12.9. The minimum atomic E-state index is -3.90. The summed E-state index contributed by atoms with van der Waals surface area (Å²) in [7, 11) is -3.90. The van der Waals surface area contributed by atoms with Gasteiger partial charge in [-0.3, -0.25) is 19.2 Å². The van der Waals surface area contributed by atoms with Gasteiger partial charge in [-0.25, -0.2) is 8.42 Å². The number of carbonyl (C=O) groups is 1. The van der Waals surface area contributed by atoms with Gasteiger partial charge in [-0.05, 0) is 37.1 Å². The SMILES string of the molecule is CC[C@@H](C(=O)Nc1cc(Cl)ccc1C)N(c1cccc([N+](=O)[O-])c1)S(C)(=O)=O. The third-order valence-corrected chi connectivity index (χ3v) is 5.50. The van der Waals surface area contributed by atoms with E-state index in [1.165, 1.54) is 18.2 Å². The first-order valence-corrected chi connectivity index (χ1v) is 10.6. The highest BCUT2D eigenvalue weighted by atomic mass is 35.5. The maximum Gasteiger partial charge on any atom is 0.271 e. The molecule has 0 unspecified atom stereocenters. The molecular formula is C18H20ClN3O5S. The first kappa shape index (κ1) is 21.6. The quantitative estimate of drug-likeness (QED) is 0.536. The fraction of sp³-hybridized carbons (Fsp3) is 0.278. The molecule has 1 N–H and O–H groups in total. The molecule has 0 bridgehead atoms. The standard InChI is InChI=1S/C18H20ClN3O5S/c1-4-17(18(23)20-16-10-13(19)9-8-12(16)2)21(28(3,26)27)14-6-5-7-15(11-14)22(24)25/h5-11,17H,4H2,1-3H3,(H,20,23)/t17-/m0/s1. The van der Waals surface area contributed by atoms with E-state index in [2.05, 4.69) is 5.32 Å². The fourth-order valence-electron chi connectivity index (χ4n) is 2.75. The Balaban J connectivity index is 2.46. The Morgan fingerprint density at radius 1 is 1.29 bits per heavy atom. The van der Waals surface area contributed by atoms with E-state index in [1.54, 1.807) is 32.0 Å². The summed E-state index contributed by atoms with van der Waals surface area (Å²) in [6, 6.07) is 9.03. The minimum Gasteiger partial charge on any atom is -0.324 e. The Labute approximate surface area is 168 Å². The molecule has 1 atom stereocenters. The van der Waals surface area contributed by atoms with Gasteiger partial charge in [0.1, 0.15) is 6.04 Å². The third kappa shape index (κ3) is 4.99. The highest BCUT2D eigenvalue weighted by molar-refractivity contribution is 7.92. The lowest BCUT2D eigenvalue weighted by Gasteiger charge is -2.30. The zero-order chi connectivity index (χ0) is 21.1. The van der Waals surface area contributed by atoms with E-state index in [1.807, 2.05) is 0 Å². The summed E-state index contributed by atoms with van der Waals surface area (Å²) in [6.07, 6.45) is 1.10. The third-order valence-electron chi connectivity index (χ3n) is 4.08. The van der Waals surface area contributed by atoms with Crippen LogP contribution in [0.1, 0.15) is 18.9 Å². The van der Waals surface area contributed by atoms with Crippen LogP contribution in [-0.4, -0.2) is 31.5 Å². The van der Waals surface area contributed by atoms with E-state index in [-0.39, 0.29) is 17.8 Å². The van der Waals surface area contributed by atoms with Crippen molar-refractivity contribution in [3.05, 3.63) is 63.2 Å². The summed E-state index contributed by atoms with van der Waals surface area (Å²) in [4.78, 5) is 23.3. The van der Waals surface area contributed by atoms with Crippen molar-refractivity contribution in [1.82, 2.24) is 0 Å². The largest absolute Gasteiger partial charge is 0.324 e. The second-order valence-corrected chi connectivity index (χ2v) is 8.50. The molecule has 0 heterocycles. The number of hydrogen-bond acceptors (Lipinski definition) is 5. The van der Waals surface area contributed by atoms with Gasteiger partial charge in [0, 0.05) is 22.8 Å². The Hall–Kier alpha value is -2.65. The number of non-ortho nitro benzene ring substituents is 1. The van der Waals surface area contributed by atoms with Crippen LogP contribution in [0, 0.1) is 17.0 Å². The van der Waals surface area contributed by atoms with Crippen LogP contribution in [0.5, 0.6) is 0 Å². The molecule has 0 aliphatic rings. The summed E-state index contributed by atoms with van der Waals surface area (Å²) in [6.45, 7) is 3.44. The predicted molar refractivity (Wildman–Crippen MR) is 109 cm³/mol. The molecule has 150 valence electrons. The van der Waals surface area contributed by atoms with Crippen molar-refractivity contribution in [2.24, 2.45) is 0 Å². The van der Waals surface area contributed by atoms with Crippen LogP contribution in [-0.2, 0) is 14.8 Å². The number of rotatable bonds is 7. The summed E-state index contributed by atoms with van der Waals surface area (Å²) in [5.41, 5.74) is 0.992. The van der Waals surface area contributed by atoms with E-state index in [9.17, 15) is 23.3 Å². The van der Waals surface area contributed by atoms with E-state index in [0.29, 0.717) is 10.7 Å². The summed E-state index contributed by atoms with van der Waals surface area (Å²) in [5, 5.41) is 14.2. The number of aryl methyl sites for hydroxylation is 1. The van der Waals surface area contributed by atoms with Crippen LogP contribution in [0.4, 0.5) is 17.1 Å². The van der Waals surface area contributed by atoms with Gasteiger partial charge in [-0.2, -0.15) is 0 Å². The monoisotopic (exact) mass is 425 g/mol. The lowest BCUT2D eigenvalue weighted by molar-refractivity contribution is -0.384. The van der Waals surface area contributed by atoms with Crippen LogP contribution < -0.4 is 9.62 Å². The smallest absolute Gasteiger partial charge is 0.271 e. The molecule has 0 fully saturated rings. The van der Waals surface area contributed by atoms with Crippen molar-refractivity contribution in [3.8, 4) is 0 Å². The number of nitro groups is 1. The van der Waals surface area contributed by atoms with Gasteiger partial charge < -0.3 is 5.32 Å². The Kier molecular flexibility index (Phi) is 6.63. The molecule has 0 saturated heterocycles. The maximum absolute atomic E-state index is 12.9. The molecule has 0 spiro atoms. The average Bonchev–Trinajstić information content (AvgIpc) is 2.61. The molecule has 0 radical (unpaired) electrons. The number of hydrogen-bond donors (Lipinski definition) is 1. The molecule has 0 saturated carbocycles. The van der Waals surface area contributed by atoms with E-state index in [4.69, 9.17) is 11.6 Å². The second-order valence-electron chi connectivity index (χ2n) is 6.21. The van der Waals surface area contributed by atoms with Gasteiger partial charge in [0.2, 0.25) is 15.9 Å². The Bertz CT molecular complexity index is 1010. The van der Waals surface area contributed by atoms with E-state index in [0.717, 1.165) is 22.2 Å². The molecule has 0 aliphatic heterocycles. The first-order valence-electron chi connectivity index (χ1n) is 8.35. The number of benzene rings is 2. The van der Waals surface area contributed by atoms with Crippen LogP contribution in [0.3, 0.4) is 0 Å². The molecule has 28 heavy (non-hydrogen) atoms. The molecule has 0 aromatic heterocycles. The Morgan fingerprint density at radius 3 is 2.54 bits per heavy atom. The van der Waals surface area contributed by atoms with Crippen molar-refractivity contribution < 1.29 is 18.1 Å². The second kappa shape index (κ2) is 8.57. The number of amides is 1. The number of nitrogens with zero attached hydrogens (tertiary/aromatic N) is 2. The van der Waals surface area contributed by atoms with E-state index < -0.39 is 26.9 Å². The number of carbonyl (C=O) groups excluding carboxylic acids is 1. The molecule has 10 heteroatoms. The zero-order valence-electron chi connectivity index (χ0n) is 15.5. The molecule has 0 aliphatic carbocycles. The molecule has 8 nitrogen and oxygen atoms in total. The minimum absolute atomic E-state index is 0.0431. The van der Waals surface area contributed by atoms with Crippen molar-refractivity contribution in [2.75, 3.05) is 15.9 Å². The van der Waals surface area contributed by atoms with Crippen LogP contribution >= 0.6 is 11.6 Å². The lowest BCUT2D eigenvalue weighted by atomic mass is 10.1. The molecule has 2 rings (SSSR count). The van der Waals surface area contributed by atoms with Crippen LogP contribution in [0.15, 0.2) is 42.5 Å². The number of sulfonamides is 1. The number of nitro benzene ring substituents is 1. The van der Waals surface area contributed by atoms with Crippen molar-refractivity contribution in [2.45, 2.75) is 26.3 Å².